The van der Waals surface area contributed by atoms with Gasteiger partial charge in [0.1, 0.15) is 11.5 Å². The van der Waals surface area contributed by atoms with Crippen LogP contribution in [0.25, 0.3) is 0 Å². The third kappa shape index (κ3) is 3.36. The predicted molar refractivity (Wildman–Crippen MR) is 55.3 cm³/mol. The summed E-state index contributed by atoms with van der Waals surface area (Å²) in [6.07, 6.45) is 0. The van der Waals surface area contributed by atoms with E-state index in [1.165, 1.54) is 7.11 Å². The highest BCUT2D eigenvalue weighted by Gasteiger charge is 2.05. The zero-order valence-corrected chi connectivity index (χ0v) is 9.30. The highest BCUT2D eigenvalue weighted by molar-refractivity contribution is 8.00. The monoisotopic (exact) mass is 227 g/mol. The van der Waals surface area contributed by atoms with Crippen molar-refractivity contribution in [3.8, 4) is 11.5 Å². The van der Waals surface area contributed by atoms with Crippen LogP contribution in [0.1, 0.15) is 0 Å². The standard InChI is InChI=1S/C10H12O4S/c1-13-7-3-4-8(14-2)9(5-7)15-6-10(11)12/h3-5H,6H2,1-2H3,(H,11,12)/p-1. The number of hydrogen-bond donors (Lipinski definition) is 0. The van der Waals surface area contributed by atoms with E-state index in [-0.39, 0.29) is 5.75 Å². The fourth-order valence-electron chi connectivity index (χ4n) is 1.03. The molecule has 0 atom stereocenters. The molecule has 0 aliphatic rings. The van der Waals surface area contributed by atoms with Crippen LogP contribution in [-0.2, 0) is 4.79 Å². The van der Waals surface area contributed by atoms with E-state index in [1.54, 1.807) is 25.3 Å². The number of aliphatic carboxylic acids is 1. The third-order valence-electron chi connectivity index (χ3n) is 1.72. The lowest BCUT2D eigenvalue weighted by atomic mass is 10.3. The summed E-state index contributed by atoms with van der Waals surface area (Å²) < 4.78 is 10.1. The van der Waals surface area contributed by atoms with E-state index in [9.17, 15) is 9.90 Å². The maximum Gasteiger partial charge on any atom is 0.132 e. The second-order valence-electron chi connectivity index (χ2n) is 2.68. The molecule has 0 unspecified atom stereocenters. The SMILES string of the molecule is COc1ccc(OC)c(SCC(=O)[O-])c1. The minimum Gasteiger partial charge on any atom is -0.549 e. The van der Waals surface area contributed by atoms with Crippen LogP contribution in [0.15, 0.2) is 23.1 Å². The van der Waals surface area contributed by atoms with Gasteiger partial charge in [0.25, 0.3) is 0 Å². The summed E-state index contributed by atoms with van der Waals surface area (Å²) in [4.78, 5) is 11.0. The van der Waals surface area contributed by atoms with E-state index >= 15 is 0 Å². The van der Waals surface area contributed by atoms with E-state index < -0.39 is 5.97 Å². The predicted octanol–water partition coefficient (Wildman–Crippen LogP) is 0.546. The van der Waals surface area contributed by atoms with Gasteiger partial charge in [0.05, 0.1) is 25.1 Å². The molecule has 4 nitrogen and oxygen atoms in total. The van der Waals surface area contributed by atoms with Gasteiger partial charge >= 0.3 is 0 Å². The molecule has 5 heteroatoms. The van der Waals surface area contributed by atoms with E-state index in [1.807, 2.05) is 0 Å². The van der Waals surface area contributed by atoms with Crippen molar-refractivity contribution in [1.82, 2.24) is 0 Å². The van der Waals surface area contributed by atoms with Gasteiger partial charge in [-0.3, -0.25) is 0 Å². The molecule has 0 aliphatic heterocycles. The third-order valence-corrected chi connectivity index (χ3v) is 2.73. The van der Waals surface area contributed by atoms with Crippen LogP contribution in [0.3, 0.4) is 0 Å². The Morgan fingerprint density at radius 3 is 2.67 bits per heavy atom. The van der Waals surface area contributed by atoms with Gasteiger partial charge in [0.15, 0.2) is 0 Å². The van der Waals surface area contributed by atoms with E-state index in [0.29, 0.717) is 11.5 Å². The summed E-state index contributed by atoms with van der Waals surface area (Å²) in [5.74, 6) is 0.0763. The first kappa shape index (κ1) is 11.7. The Labute approximate surface area is 92.2 Å². The summed E-state index contributed by atoms with van der Waals surface area (Å²) >= 11 is 1.14. The number of thioether (sulfide) groups is 1. The smallest absolute Gasteiger partial charge is 0.132 e. The van der Waals surface area contributed by atoms with Crippen molar-refractivity contribution >= 4 is 17.7 Å². The zero-order chi connectivity index (χ0) is 11.3. The second kappa shape index (κ2) is 5.50. The van der Waals surface area contributed by atoms with Crippen LogP contribution in [0.4, 0.5) is 0 Å². The largest absolute Gasteiger partial charge is 0.549 e. The van der Waals surface area contributed by atoms with Crippen molar-refractivity contribution in [2.45, 2.75) is 4.90 Å². The molecule has 0 amide bonds. The van der Waals surface area contributed by atoms with Crippen LogP contribution >= 0.6 is 11.8 Å². The molecule has 0 aliphatic carbocycles. The number of benzene rings is 1. The first-order valence-corrected chi connectivity index (χ1v) is 5.20. The van der Waals surface area contributed by atoms with Gasteiger partial charge in [-0.25, -0.2) is 0 Å². The molecule has 1 aromatic carbocycles. The fraction of sp³-hybridized carbons (Fsp3) is 0.300. The minimum atomic E-state index is -1.11. The number of carbonyl (C=O) groups is 1. The number of carboxylic acids is 1. The van der Waals surface area contributed by atoms with Crippen molar-refractivity contribution in [2.24, 2.45) is 0 Å². The first-order valence-electron chi connectivity index (χ1n) is 4.22. The fourth-order valence-corrected chi connectivity index (χ4v) is 1.80. The van der Waals surface area contributed by atoms with Gasteiger partial charge in [-0.2, -0.15) is 0 Å². The van der Waals surface area contributed by atoms with Crippen LogP contribution in [0.5, 0.6) is 11.5 Å². The van der Waals surface area contributed by atoms with Gasteiger partial charge in [0, 0.05) is 5.75 Å². The van der Waals surface area contributed by atoms with Gasteiger partial charge in [-0.05, 0) is 18.2 Å². The lowest BCUT2D eigenvalue weighted by Gasteiger charge is -2.10. The molecule has 0 radical (unpaired) electrons. The van der Waals surface area contributed by atoms with Gasteiger partial charge in [-0.1, -0.05) is 0 Å². The zero-order valence-electron chi connectivity index (χ0n) is 8.48. The Balaban J connectivity index is 2.85. The number of ether oxygens (including phenoxy) is 2. The Hall–Kier alpha value is -1.36. The van der Waals surface area contributed by atoms with Gasteiger partial charge < -0.3 is 19.4 Å². The van der Waals surface area contributed by atoms with Crippen molar-refractivity contribution in [3.05, 3.63) is 18.2 Å². The lowest BCUT2D eigenvalue weighted by Crippen LogP contribution is -2.24. The maximum atomic E-state index is 10.3. The summed E-state index contributed by atoms with van der Waals surface area (Å²) in [6.45, 7) is 0. The molecule has 1 rings (SSSR count). The molecule has 82 valence electrons. The molecule has 0 bridgehead atoms. The quantitative estimate of drug-likeness (QED) is 0.687. The number of rotatable bonds is 5. The Bertz CT molecular complexity index is 351. The minimum absolute atomic E-state index is 0.108. The van der Waals surface area contributed by atoms with Crippen molar-refractivity contribution in [1.29, 1.82) is 0 Å². The lowest BCUT2D eigenvalue weighted by molar-refractivity contribution is -0.301. The summed E-state index contributed by atoms with van der Waals surface area (Å²) in [5.41, 5.74) is 0. The molecular weight excluding hydrogens is 216 g/mol. The molecule has 0 spiro atoms. The molecule has 0 N–H and O–H groups in total. The van der Waals surface area contributed by atoms with Crippen LogP contribution in [-0.4, -0.2) is 25.9 Å². The van der Waals surface area contributed by atoms with Crippen LogP contribution in [0.2, 0.25) is 0 Å². The molecule has 15 heavy (non-hydrogen) atoms. The average Bonchev–Trinajstić information content (AvgIpc) is 2.25. The van der Waals surface area contributed by atoms with E-state index in [0.717, 1.165) is 16.7 Å². The first-order chi connectivity index (χ1) is 7.17. The number of carbonyl (C=O) groups excluding carboxylic acids is 1. The molecule has 0 aromatic heterocycles. The van der Waals surface area contributed by atoms with Crippen molar-refractivity contribution < 1.29 is 19.4 Å². The highest BCUT2D eigenvalue weighted by Crippen LogP contribution is 2.32. The average molecular weight is 227 g/mol. The van der Waals surface area contributed by atoms with Crippen LogP contribution in [0, 0.1) is 0 Å². The van der Waals surface area contributed by atoms with Gasteiger partial charge in [-0.15, -0.1) is 11.8 Å². The normalized spacial score (nSPS) is 9.73. The topological polar surface area (TPSA) is 58.6 Å². The molecule has 0 fully saturated rings. The van der Waals surface area contributed by atoms with E-state index in [4.69, 9.17) is 9.47 Å². The van der Waals surface area contributed by atoms with Crippen molar-refractivity contribution in [2.75, 3.05) is 20.0 Å². The van der Waals surface area contributed by atoms with Crippen LogP contribution < -0.4 is 14.6 Å². The Kier molecular flexibility index (Phi) is 4.30. The Morgan fingerprint density at radius 1 is 1.40 bits per heavy atom. The Morgan fingerprint density at radius 2 is 2.13 bits per heavy atom. The molecule has 0 saturated heterocycles. The van der Waals surface area contributed by atoms with Crippen molar-refractivity contribution in [3.63, 3.8) is 0 Å². The molecule has 0 heterocycles. The summed E-state index contributed by atoms with van der Waals surface area (Å²) in [7, 11) is 3.08. The number of hydrogen-bond acceptors (Lipinski definition) is 5. The van der Waals surface area contributed by atoms with Gasteiger partial charge in [0.2, 0.25) is 0 Å². The highest BCUT2D eigenvalue weighted by atomic mass is 32.2. The number of carboxylic acid groups (broad SMARTS) is 1. The molecule has 0 saturated carbocycles. The summed E-state index contributed by atoms with van der Waals surface area (Å²) in [5, 5.41) is 10.3. The maximum absolute atomic E-state index is 10.3. The molecular formula is C10H11O4S-. The summed E-state index contributed by atoms with van der Waals surface area (Å²) in [6, 6.07) is 5.21. The molecule has 1 aromatic rings. The number of methoxy groups -OCH3 is 2. The van der Waals surface area contributed by atoms with E-state index in [2.05, 4.69) is 0 Å². The second-order valence-corrected chi connectivity index (χ2v) is 3.69.